The van der Waals surface area contributed by atoms with Crippen LogP contribution in [0.25, 0.3) is 0 Å². The van der Waals surface area contributed by atoms with E-state index in [1.54, 1.807) is 0 Å². The van der Waals surface area contributed by atoms with E-state index in [1.165, 1.54) is 18.4 Å². The van der Waals surface area contributed by atoms with E-state index in [-0.39, 0.29) is 12.1 Å². The summed E-state index contributed by atoms with van der Waals surface area (Å²) in [6.07, 6.45) is 6.05. The molecule has 5 heteroatoms. The molecule has 144 valence electrons. The van der Waals surface area contributed by atoms with E-state index < -0.39 is 0 Å². The minimum absolute atomic E-state index is 0.0493. The van der Waals surface area contributed by atoms with Crippen LogP contribution in [0.15, 0.2) is 30.3 Å². The fourth-order valence-electron chi connectivity index (χ4n) is 4.02. The molecule has 0 radical (unpaired) electrons. The van der Waals surface area contributed by atoms with Crippen LogP contribution in [0.3, 0.4) is 0 Å². The number of rotatable bonds is 7. The van der Waals surface area contributed by atoms with Gasteiger partial charge in [-0.3, -0.25) is 4.90 Å². The third-order valence-corrected chi connectivity index (χ3v) is 5.58. The van der Waals surface area contributed by atoms with Crippen LogP contribution in [0.1, 0.15) is 44.6 Å². The van der Waals surface area contributed by atoms with Gasteiger partial charge in [-0.2, -0.15) is 0 Å². The molecule has 2 aliphatic rings. The molecule has 5 nitrogen and oxygen atoms in total. The van der Waals surface area contributed by atoms with Gasteiger partial charge in [0.15, 0.2) is 0 Å². The van der Waals surface area contributed by atoms with E-state index in [9.17, 15) is 4.79 Å². The van der Waals surface area contributed by atoms with Gasteiger partial charge >= 0.3 is 6.03 Å². The Kier molecular flexibility index (Phi) is 7.32. The van der Waals surface area contributed by atoms with Gasteiger partial charge < -0.3 is 15.0 Å². The second kappa shape index (κ2) is 9.93. The van der Waals surface area contributed by atoms with Crippen molar-refractivity contribution in [1.82, 2.24) is 15.1 Å². The van der Waals surface area contributed by atoms with Crippen LogP contribution in [0.2, 0.25) is 0 Å². The highest BCUT2D eigenvalue weighted by Gasteiger charge is 2.25. The number of carbonyl (C=O) groups excluding carboxylic acids is 1. The average Bonchev–Trinajstić information content (AvgIpc) is 3.19. The first-order valence-corrected chi connectivity index (χ1v) is 10.2. The van der Waals surface area contributed by atoms with Crippen molar-refractivity contribution < 1.29 is 9.53 Å². The molecule has 26 heavy (non-hydrogen) atoms. The van der Waals surface area contributed by atoms with Crippen LogP contribution in [-0.2, 0) is 11.3 Å². The molecule has 1 aromatic rings. The fraction of sp³-hybridized carbons (Fsp3) is 0.667. The third-order valence-electron chi connectivity index (χ3n) is 5.58. The van der Waals surface area contributed by atoms with Gasteiger partial charge in [0.25, 0.3) is 0 Å². The maximum Gasteiger partial charge on any atom is 0.317 e. The standard InChI is InChI=1S/C21H33N3O2/c1-2-23(17-20-12-8-14-26-20)21(25)22-15-19-11-6-7-13-24(19)16-18-9-4-3-5-10-18/h3-5,9-10,19-20H,2,6-8,11-17H2,1H3,(H,22,25). The Morgan fingerprint density at radius 1 is 1.23 bits per heavy atom. The van der Waals surface area contributed by atoms with Gasteiger partial charge in [-0.05, 0) is 44.7 Å². The van der Waals surface area contributed by atoms with E-state index >= 15 is 0 Å². The summed E-state index contributed by atoms with van der Waals surface area (Å²) in [5, 5.41) is 3.18. The predicted molar refractivity (Wildman–Crippen MR) is 104 cm³/mol. The number of urea groups is 1. The number of nitrogens with zero attached hydrogens (tertiary/aromatic N) is 2. The molecule has 0 saturated carbocycles. The first kappa shape index (κ1) is 19.2. The molecule has 2 heterocycles. The zero-order valence-electron chi connectivity index (χ0n) is 16.0. The van der Waals surface area contributed by atoms with Crippen molar-refractivity contribution in [2.75, 3.05) is 32.8 Å². The molecule has 2 atom stereocenters. The Bertz CT molecular complexity index is 545. The molecule has 2 saturated heterocycles. The SMILES string of the molecule is CCN(CC1CCCO1)C(=O)NCC1CCCCN1Cc1ccccc1. The Morgan fingerprint density at radius 2 is 2.08 bits per heavy atom. The van der Waals surface area contributed by atoms with Crippen molar-refractivity contribution in [2.24, 2.45) is 0 Å². The van der Waals surface area contributed by atoms with Gasteiger partial charge in [-0.25, -0.2) is 4.79 Å². The van der Waals surface area contributed by atoms with E-state index in [2.05, 4.69) is 40.5 Å². The van der Waals surface area contributed by atoms with Gasteiger partial charge in [0, 0.05) is 38.8 Å². The topological polar surface area (TPSA) is 44.8 Å². The normalized spacial score (nSPS) is 23.7. The van der Waals surface area contributed by atoms with E-state index in [0.29, 0.717) is 12.6 Å². The van der Waals surface area contributed by atoms with E-state index in [0.717, 1.165) is 52.0 Å². The summed E-state index contributed by atoms with van der Waals surface area (Å²) in [4.78, 5) is 17.0. The summed E-state index contributed by atoms with van der Waals surface area (Å²) in [6, 6.07) is 11.1. The number of hydrogen-bond acceptors (Lipinski definition) is 3. The maximum absolute atomic E-state index is 12.6. The van der Waals surface area contributed by atoms with Crippen molar-refractivity contribution in [3.05, 3.63) is 35.9 Å². The van der Waals surface area contributed by atoms with Crippen molar-refractivity contribution in [3.63, 3.8) is 0 Å². The highest BCUT2D eigenvalue weighted by Crippen LogP contribution is 2.19. The van der Waals surface area contributed by atoms with Gasteiger partial charge in [0.2, 0.25) is 0 Å². The average molecular weight is 360 g/mol. The van der Waals surface area contributed by atoms with E-state index in [1.807, 2.05) is 11.8 Å². The fourth-order valence-corrected chi connectivity index (χ4v) is 4.02. The van der Waals surface area contributed by atoms with Crippen LogP contribution in [0.5, 0.6) is 0 Å². The number of likely N-dealkylation sites (N-methyl/N-ethyl adjacent to an activating group) is 1. The van der Waals surface area contributed by atoms with E-state index in [4.69, 9.17) is 4.74 Å². The lowest BCUT2D eigenvalue weighted by Gasteiger charge is -2.36. The summed E-state index contributed by atoms with van der Waals surface area (Å²) in [5.74, 6) is 0. The minimum Gasteiger partial charge on any atom is -0.376 e. The molecule has 1 N–H and O–H groups in total. The first-order chi connectivity index (χ1) is 12.8. The van der Waals surface area contributed by atoms with Crippen LogP contribution in [0, 0.1) is 0 Å². The summed E-state index contributed by atoms with van der Waals surface area (Å²) in [5.41, 5.74) is 1.35. The Labute approximate surface area is 157 Å². The molecule has 0 bridgehead atoms. The van der Waals surface area contributed by atoms with Crippen molar-refractivity contribution >= 4 is 6.03 Å². The second-order valence-electron chi connectivity index (χ2n) is 7.47. The van der Waals surface area contributed by atoms with Crippen LogP contribution in [0.4, 0.5) is 4.79 Å². The summed E-state index contributed by atoms with van der Waals surface area (Å²) in [6.45, 7) is 7.12. The zero-order chi connectivity index (χ0) is 18.2. The number of benzene rings is 1. The molecule has 2 fully saturated rings. The minimum atomic E-state index is 0.0493. The summed E-state index contributed by atoms with van der Waals surface area (Å²) < 4.78 is 5.68. The smallest absolute Gasteiger partial charge is 0.317 e. The highest BCUT2D eigenvalue weighted by molar-refractivity contribution is 5.74. The number of ether oxygens (including phenoxy) is 1. The molecule has 2 amide bonds. The van der Waals surface area contributed by atoms with Crippen molar-refractivity contribution in [1.29, 1.82) is 0 Å². The monoisotopic (exact) mass is 359 g/mol. The number of amides is 2. The number of hydrogen-bond donors (Lipinski definition) is 1. The van der Waals surface area contributed by atoms with Gasteiger partial charge in [0.05, 0.1) is 6.10 Å². The maximum atomic E-state index is 12.6. The van der Waals surface area contributed by atoms with Crippen LogP contribution in [-0.4, -0.2) is 60.8 Å². The lowest BCUT2D eigenvalue weighted by atomic mass is 10.0. The third kappa shape index (κ3) is 5.45. The molecule has 3 rings (SSSR count). The highest BCUT2D eigenvalue weighted by atomic mass is 16.5. The lowest BCUT2D eigenvalue weighted by molar-refractivity contribution is 0.0813. The number of nitrogens with one attached hydrogen (secondary N) is 1. The second-order valence-corrected chi connectivity index (χ2v) is 7.47. The molecule has 1 aromatic carbocycles. The molecule has 0 spiro atoms. The zero-order valence-corrected chi connectivity index (χ0v) is 16.0. The molecular formula is C21H33N3O2. The molecule has 0 aliphatic carbocycles. The molecular weight excluding hydrogens is 326 g/mol. The largest absolute Gasteiger partial charge is 0.376 e. The number of piperidine rings is 1. The molecule has 0 aromatic heterocycles. The van der Waals surface area contributed by atoms with Crippen molar-refractivity contribution in [2.45, 2.75) is 57.7 Å². The van der Waals surface area contributed by atoms with Crippen molar-refractivity contribution in [3.8, 4) is 0 Å². The Morgan fingerprint density at radius 3 is 2.81 bits per heavy atom. The van der Waals surface area contributed by atoms with Crippen LogP contribution < -0.4 is 5.32 Å². The number of carbonyl (C=O) groups is 1. The summed E-state index contributed by atoms with van der Waals surface area (Å²) >= 11 is 0. The van der Waals surface area contributed by atoms with Crippen LogP contribution >= 0.6 is 0 Å². The van der Waals surface area contributed by atoms with Gasteiger partial charge in [-0.1, -0.05) is 36.8 Å². The Hall–Kier alpha value is -1.59. The van der Waals surface area contributed by atoms with Gasteiger partial charge in [-0.15, -0.1) is 0 Å². The Balaban J connectivity index is 1.49. The van der Waals surface area contributed by atoms with Gasteiger partial charge in [0.1, 0.15) is 0 Å². The predicted octanol–water partition coefficient (Wildman–Crippen LogP) is 3.25. The number of likely N-dealkylation sites (tertiary alicyclic amines) is 1. The quantitative estimate of drug-likeness (QED) is 0.813. The summed E-state index contributed by atoms with van der Waals surface area (Å²) in [7, 11) is 0. The molecule has 2 unspecified atom stereocenters. The first-order valence-electron chi connectivity index (χ1n) is 10.2. The molecule has 2 aliphatic heterocycles. The lowest BCUT2D eigenvalue weighted by Crippen LogP contribution is -2.50.